The molecule has 1 aliphatic rings. The third-order valence-electron chi connectivity index (χ3n) is 4.68. The first-order chi connectivity index (χ1) is 13.2. The Kier molecular flexibility index (Phi) is 6.30. The highest BCUT2D eigenvalue weighted by Crippen LogP contribution is 2.26. The molecule has 1 heterocycles. The molecule has 3 amide bonds. The van der Waals surface area contributed by atoms with Gasteiger partial charge in [-0.3, -0.25) is 4.79 Å². The Morgan fingerprint density at radius 2 is 1.85 bits per heavy atom. The molecule has 2 N–H and O–H groups in total. The van der Waals surface area contributed by atoms with Crippen molar-refractivity contribution >= 4 is 17.6 Å². The minimum absolute atomic E-state index is 0.0800. The van der Waals surface area contributed by atoms with Crippen LogP contribution in [0.15, 0.2) is 54.6 Å². The summed E-state index contributed by atoms with van der Waals surface area (Å²) in [7, 11) is 1.61. The molecule has 27 heavy (non-hydrogen) atoms. The molecule has 3 rings (SSSR count). The molecule has 0 radical (unpaired) electrons. The summed E-state index contributed by atoms with van der Waals surface area (Å²) in [5, 5.41) is 5.73. The number of ether oxygens (including phenoxy) is 1. The number of nitrogens with one attached hydrogen (secondary N) is 2. The van der Waals surface area contributed by atoms with Gasteiger partial charge in [0.15, 0.2) is 0 Å². The van der Waals surface area contributed by atoms with E-state index >= 15 is 0 Å². The van der Waals surface area contributed by atoms with E-state index in [9.17, 15) is 9.59 Å². The fourth-order valence-corrected chi connectivity index (χ4v) is 3.19. The van der Waals surface area contributed by atoms with E-state index in [1.54, 1.807) is 12.0 Å². The van der Waals surface area contributed by atoms with Gasteiger partial charge in [0.05, 0.1) is 7.11 Å². The van der Waals surface area contributed by atoms with Crippen molar-refractivity contribution in [3.63, 3.8) is 0 Å². The molecule has 0 bridgehead atoms. The van der Waals surface area contributed by atoms with Crippen LogP contribution in [0.25, 0.3) is 0 Å². The number of urea groups is 1. The fourth-order valence-electron chi connectivity index (χ4n) is 3.19. The Bertz CT molecular complexity index is 762. The summed E-state index contributed by atoms with van der Waals surface area (Å²) in [5.41, 5.74) is 2.05. The van der Waals surface area contributed by atoms with Crippen LogP contribution in [0, 0.1) is 5.92 Å². The summed E-state index contributed by atoms with van der Waals surface area (Å²) >= 11 is 0. The van der Waals surface area contributed by atoms with Crippen molar-refractivity contribution in [3.05, 3.63) is 60.2 Å². The molecule has 6 heteroatoms. The third kappa shape index (κ3) is 5.23. The Hall–Kier alpha value is -3.02. The second-order valence-electron chi connectivity index (χ2n) is 6.64. The predicted octanol–water partition coefficient (Wildman–Crippen LogP) is 2.59. The molecule has 2 aromatic carbocycles. The van der Waals surface area contributed by atoms with Gasteiger partial charge in [-0.15, -0.1) is 0 Å². The van der Waals surface area contributed by atoms with E-state index < -0.39 is 0 Å². The second-order valence-corrected chi connectivity index (χ2v) is 6.64. The van der Waals surface area contributed by atoms with E-state index in [4.69, 9.17) is 4.74 Å². The van der Waals surface area contributed by atoms with Crippen LogP contribution in [0.2, 0.25) is 0 Å². The normalized spacial score (nSPS) is 16.3. The SMILES string of the molecule is COc1ccc(N2CC(CNC(=O)NCCc3ccccc3)CC2=O)cc1. The first-order valence-electron chi connectivity index (χ1n) is 9.16. The maximum atomic E-state index is 12.3. The Labute approximate surface area is 159 Å². The van der Waals surface area contributed by atoms with Crippen LogP contribution in [-0.4, -0.2) is 38.7 Å². The molecule has 1 unspecified atom stereocenters. The largest absolute Gasteiger partial charge is 0.497 e. The van der Waals surface area contributed by atoms with Crippen molar-refractivity contribution in [2.45, 2.75) is 12.8 Å². The molecule has 0 saturated carbocycles. The number of hydrogen-bond donors (Lipinski definition) is 2. The molecule has 142 valence electrons. The molecule has 1 aliphatic heterocycles. The monoisotopic (exact) mass is 367 g/mol. The smallest absolute Gasteiger partial charge is 0.314 e. The molecule has 1 saturated heterocycles. The molecular weight excluding hydrogens is 342 g/mol. The van der Waals surface area contributed by atoms with Gasteiger partial charge < -0.3 is 20.3 Å². The van der Waals surface area contributed by atoms with Gasteiger partial charge in [0.25, 0.3) is 0 Å². The molecule has 2 aromatic rings. The molecule has 0 aromatic heterocycles. The number of amides is 3. The minimum Gasteiger partial charge on any atom is -0.497 e. The van der Waals surface area contributed by atoms with Crippen molar-refractivity contribution in [1.29, 1.82) is 0 Å². The highest BCUT2D eigenvalue weighted by molar-refractivity contribution is 5.95. The number of rotatable bonds is 7. The molecule has 0 aliphatic carbocycles. The van der Waals surface area contributed by atoms with Gasteiger partial charge in [-0.2, -0.15) is 0 Å². The first-order valence-corrected chi connectivity index (χ1v) is 9.16. The Morgan fingerprint density at radius 3 is 2.56 bits per heavy atom. The lowest BCUT2D eigenvalue weighted by Crippen LogP contribution is -2.39. The summed E-state index contributed by atoms with van der Waals surface area (Å²) in [6, 6.07) is 17.3. The average Bonchev–Trinajstić information content (AvgIpc) is 3.08. The lowest BCUT2D eigenvalue weighted by atomic mass is 10.1. The van der Waals surface area contributed by atoms with Gasteiger partial charge in [0, 0.05) is 37.7 Å². The predicted molar refractivity (Wildman–Crippen MR) is 105 cm³/mol. The van der Waals surface area contributed by atoms with Gasteiger partial charge in [-0.25, -0.2) is 4.79 Å². The van der Waals surface area contributed by atoms with Crippen LogP contribution in [0.4, 0.5) is 10.5 Å². The standard InChI is InChI=1S/C21H25N3O3/c1-27-19-9-7-18(8-10-19)24-15-17(13-20(24)25)14-23-21(26)22-12-11-16-5-3-2-4-6-16/h2-10,17H,11-15H2,1H3,(H2,22,23,26). The van der Waals surface area contributed by atoms with E-state index in [-0.39, 0.29) is 17.9 Å². The fraction of sp³-hybridized carbons (Fsp3) is 0.333. The van der Waals surface area contributed by atoms with Gasteiger partial charge in [-0.1, -0.05) is 30.3 Å². The summed E-state index contributed by atoms with van der Waals surface area (Å²) in [6.07, 6.45) is 1.23. The molecule has 1 atom stereocenters. The van der Waals surface area contributed by atoms with Crippen molar-refractivity contribution in [1.82, 2.24) is 10.6 Å². The van der Waals surface area contributed by atoms with E-state index in [2.05, 4.69) is 10.6 Å². The molecule has 6 nitrogen and oxygen atoms in total. The maximum Gasteiger partial charge on any atom is 0.314 e. The van der Waals surface area contributed by atoms with E-state index in [1.807, 2.05) is 54.6 Å². The topological polar surface area (TPSA) is 70.7 Å². The average molecular weight is 367 g/mol. The molecule has 1 fully saturated rings. The Morgan fingerprint density at radius 1 is 1.11 bits per heavy atom. The van der Waals surface area contributed by atoms with E-state index in [0.29, 0.717) is 26.1 Å². The quantitative estimate of drug-likeness (QED) is 0.790. The van der Waals surface area contributed by atoms with Crippen LogP contribution in [0.1, 0.15) is 12.0 Å². The van der Waals surface area contributed by atoms with E-state index in [0.717, 1.165) is 17.9 Å². The number of nitrogens with zero attached hydrogens (tertiary/aromatic N) is 1. The van der Waals surface area contributed by atoms with Crippen molar-refractivity contribution in [3.8, 4) is 5.75 Å². The summed E-state index contributed by atoms with van der Waals surface area (Å²) < 4.78 is 5.15. The number of benzene rings is 2. The lowest BCUT2D eigenvalue weighted by molar-refractivity contribution is -0.117. The first kappa shape index (κ1) is 18.8. The Balaban J connectivity index is 1.40. The number of hydrogen-bond acceptors (Lipinski definition) is 3. The number of carbonyl (C=O) groups is 2. The zero-order valence-electron chi connectivity index (χ0n) is 15.5. The zero-order chi connectivity index (χ0) is 19.1. The number of methoxy groups -OCH3 is 1. The lowest BCUT2D eigenvalue weighted by Gasteiger charge is -2.17. The van der Waals surface area contributed by atoms with Crippen molar-refractivity contribution in [2.75, 3.05) is 31.6 Å². The van der Waals surface area contributed by atoms with Gasteiger partial charge in [0.1, 0.15) is 5.75 Å². The number of anilines is 1. The van der Waals surface area contributed by atoms with Crippen molar-refractivity contribution < 1.29 is 14.3 Å². The van der Waals surface area contributed by atoms with Crippen LogP contribution in [0.3, 0.4) is 0 Å². The summed E-state index contributed by atoms with van der Waals surface area (Å²) in [5.74, 6) is 0.951. The second kappa shape index (κ2) is 9.07. The summed E-state index contributed by atoms with van der Waals surface area (Å²) in [6.45, 7) is 1.67. The number of carbonyl (C=O) groups excluding carboxylic acids is 2. The van der Waals surface area contributed by atoms with Crippen LogP contribution in [0.5, 0.6) is 5.75 Å². The molecular formula is C21H25N3O3. The van der Waals surface area contributed by atoms with Crippen LogP contribution < -0.4 is 20.3 Å². The van der Waals surface area contributed by atoms with Gasteiger partial charge >= 0.3 is 6.03 Å². The minimum atomic E-state index is -0.193. The van der Waals surface area contributed by atoms with E-state index in [1.165, 1.54) is 5.56 Å². The summed E-state index contributed by atoms with van der Waals surface area (Å²) in [4.78, 5) is 26.0. The molecule has 0 spiro atoms. The zero-order valence-corrected chi connectivity index (χ0v) is 15.5. The van der Waals surface area contributed by atoms with Crippen LogP contribution in [-0.2, 0) is 11.2 Å². The highest BCUT2D eigenvalue weighted by Gasteiger charge is 2.30. The van der Waals surface area contributed by atoms with Gasteiger partial charge in [-0.05, 0) is 36.2 Å². The van der Waals surface area contributed by atoms with Crippen molar-refractivity contribution in [2.24, 2.45) is 5.92 Å². The third-order valence-corrected chi connectivity index (χ3v) is 4.68. The maximum absolute atomic E-state index is 12.3. The van der Waals surface area contributed by atoms with Crippen LogP contribution >= 0.6 is 0 Å². The van der Waals surface area contributed by atoms with Gasteiger partial charge in [0.2, 0.25) is 5.91 Å². The highest BCUT2D eigenvalue weighted by atomic mass is 16.5.